The monoisotopic (exact) mass is 317 g/mol. The summed E-state index contributed by atoms with van der Waals surface area (Å²) in [5, 5.41) is 12.0. The standard InChI is InChI=1S/C15H12ClN3OS/c16-13-7-12(4-5-14(13)18)21-9-15(20)19-11-3-1-2-10(6-11)8-17/h1-7H,9,18H2,(H,19,20). The minimum absolute atomic E-state index is 0.150. The highest BCUT2D eigenvalue weighted by Gasteiger charge is 2.05. The van der Waals surface area contributed by atoms with Crippen molar-refractivity contribution in [1.29, 1.82) is 5.26 Å². The van der Waals surface area contributed by atoms with E-state index < -0.39 is 0 Å². The fraction of sp³-hybridized carbons (Fsp3) is 0.0667. The number of benzene rings is 2. The number of carbonyl (C=O) groups excluding carboxylic acids is 1. The van der Waals surface area contributed by atoms with Crippen molar-refractivity contribution in [3.8, 4) is 6.07 Å². The van der Waals surface area contributed by atoms with Gasteiger partial charge in [0.1, 0.15) is 0 Å². The summed E-state index contributed by atoms with van der Waals surface area (Å²) in [5.74, 6) is 0.0971. The zero-order chi connectivity index (χ0) is 15.2. The van der Waals surface area contributed by atoms with Crippen LogP contribution < -0.4 is 11.1 Å². The molecule has 0 unspecified atom stereocenters. The van der Waals surface area contributed by atoms with Gasteiger partial charge in [0.25, 0.3) is 0 Å². The number of rotatable bonds is 4. The molecular weight excluding hydrogens is 306 g/mol. The van der Waals surface area contributed by atoms with Crippen molar-refractivity contribution in [1.82, 2.24) is 0 Å². The van der Waals surface area contributed by atoms with E-state index in [1.807, 2.05) is 12.1 Å². The Bertz CT molecular complexity index is 712. The summed E-state index contributed by atoms with van der Waals surface area (Å²) < 4.78 is 0. The Morgan fingerprint density at radius 3 is 2.86 bits per heavy atom. The maximum absolute atomic E-state index is 11.9. The van der Waals surface area contributed by atoms with Crippen molar-refractivity contribution in [3.63, 3.8) is 0 Å². The first-order valence-electron chi connectivity index (χ1n) is 6.06. The summed E-state index contributed by atoms with van der Waals surface area (Å²) in [5.41, 5.74) is 7.25. The van der Waals surface area contributed by atoms with Gasteiger partial charge in [-0.15, -0.1) is 11.8 Å². The van der Waals surface area contributed by atoms with Crippen molar-refractivity contribution in [2.24, 2.45) is 0 Å². The number of nitrogens with one attached hydrogen (secondary N) is 1. The Balaban J connectivity index is 1.92. The van der Waals surface area contributed by atoms with E-state index in [-0.39, 0.29) is 11.7 Å². The van der Waals surface area contributed by atoms with E-state index in [4.69, 9.17) is 22.6 Å². The van der Waals surface area contributed by atoms with Crippen LogP contribution in [0.25, 0.3) is 0 Å². The van der Waals surface area contributed by atoms with Gasteiger partial charge in [0.15, 0.2) is 0 Å². The number of nitrogens with zero attached hydrogens (tertiary/aromatic N) is 1. The molecule has 0 radical (unpaired) electrons. The summed E-state index contributed by atoms with van der Waals surface area (Å²) in [6.07, 6.45) is 0. The van der Waals surface area contributed by atoms with Gasteiger partial charge in [-0.25, -0.2) is 0 Å². The van der Waals surface area contributed by atoms with Gasteiger partial charge in [0.2, 0.25) is 5.91 Å². The summed E-state index contributed by atoms with van der Waals surface area (Å²) in [6.45, 7) is 0. The van der Waals surface area contributed by atoms with Gasteiger partial charge >= 0.3 is 0 Å². The van der Waals surface area contributed by atoms with E-state index in [1.54, 1.807) is 36.4 Å². The number of nitriles is 1. The third-order valence-electron chi connectivity index (χ3n) is 2.62. The largest absolute Gasteiger partial charge is 0.398 e. The number of hydrogen-bond acceptors (Lipinski definition) is 4. The smallest absolute Gasteiger partial charge is 0.234 e. The Hall–Kier alpha value is -2.16. The third-order valence-corrected chi connectivity index (χ3v) is 3.94. The predicted octanol–water partition coefficient (Wildman–Crippen LogP) is 3.52. The summed E-state index contributed by atoms with van der Waals surface area (Å²) in [6, 6.07) is 14.0. The van der Waals surface area contributed by atoms with E-state index in [9.17, 15) is 4.79 Å². The molecule has 0 aromatic heterocycles. The lowest BCUT2D eigenvalue weighted by Gasteiger charge is -2.06. The molecule has 2 rings (SSSR count). The predicted molar refractivity (Wildman–Crippen MR) is 86.4 cm³/mol. The Kier molecular flexibility index (Phi) is 5.09. The van der Waals surface area contributed by atoms with E-state index in [0.29, 0.717) is 22.0 Å². The first-order valence-corrected chi connectivity index (χ1v) is 7.42. The molecule has 0 spiro atoms. The second kappa shape index (κ2) is 7.02. The highest BCUT2D eigenvalue weighted by Crippen LogP contribution is 2.26. The van der Waals surface area contributed by atoms with Crippen LogP contribution in [0.3, 0.4) is 0 Å². The van der Waals surface area contributed by atoms with Gasteiger partial charge in [0, 0.05) is 10.6 Å². The van der Waals surface area contributed by atoms with E-state index >= 15 is 0 Å². The number of nitrogens with two attached hydrogens (primary N) is 1. The van der Waals surface area contributed by atoms with Crippen LogP contribution in [0.15, 0.2) is 47.4 Å². The molecule has 0 aliphatic carbocycles. The first kappa shape index (κ1) is 15.2. The van der Waals surface area contributed by atoms with Gasteiger partial charge in [-0.05, 0) is 36.4 Å². The highest BCUT2D eigenvalue weighted by molar-refractivity contribution is 8.00. The normalized spacial score (nSPS) is 9.90. The second-order valence-corrected chi connectivity index (χ2v) is 5.67. The van der Waals surface area contributed by atoms with Crippen LogP contribution in [0.1, 0.15) is 5.56 Å². The molecule has 0 saturated heterocycles. The van der Waals surface area contributed by atoms with Crippen molar-refractivity contribution >= 4 is 40.6 Å². The maximum Gasteiger partial charge on any atom is 0.234 e. The molecule has 21 heavy (non-hydrogen) atoms. The van der Waals surface area contributed by atoms with E-state index in [1.165, 1.54) is 11.8 Å². The molecule has 1 amide bonds. The SMILES string of the molecule is N#Cc1cccc(NC(=O)CSc2ccc(N)c(Cl)c2)c1. The molecule has 0 atom stereocenters. The Labute approximate surface area is 131 Å². The quantitative estimate of drug-likeness (QED) is 0.668. The van der Waals surface area contributed by atoms with Gasteiger partial charge in [-0.3, -0.25) is 4.79 Å². The van der Waals surface area contributed by atoms with Crippen LogP contribution >= 0.6 is 23.4 Å². The van der Waals surface area contributed by atoms with Crippen LogP contribution in [0.2, 0.25) is 5.02 Å². The van der Waals surface area contributed by atoms with Gasteiger partial charge in [-0.1, -0.05) is 17.7 Å². The number of halogens is 1. The molecule has 2 aromatic rings. The lowest BCUT2D eigenvalue weighted by atomic mass is 10.2. The molecule has 0 heterocycles. The van der Waals surface area contributed by atoms with Crippen LogP contribution in [0, 0.1) is 11.3 Å². The van der Waals surface area contributed by atoms with Crippen LogP contribution in [0.4, 0.5) is 11.4 Å². The average molecular weight is 318 g/mol. The molecule has 0 aliphatic heterocycles. The zero-order valence-corrected chi connectivity index (χ0v) is 12.5. The van der Waals surface area contributed by atoms with Crippen LogP contribution in [0.5, 0.6) is 0 Å². The molecule has 0 fully saturated rings. The molecule has 2 aromatic carbocycles. The number of amides is 1. The fourth-order valence-corrected chi connectivity index (χ4v) is 2.59. The summed E-state index contributed by atoms with van der Waals surface area (Å²) in [7, 11) is 0. The molecule has 3 N–H and O–H groups in total. The fourth-order valence-electron chi connectivity index (χ4n) is 1.61. The van der Waals surface area contributed by atoms with Gasteiger partial charge < -0.3 is 11.1 Å². The lowest BCUT2D eigenvalue weighted by molar-refractivity contribution is -0.113. The topological polar surface area (TPSA) is 78.9 Å². The van der Waals surface area contributed by atoms with Crippen molar-refractivity contribution < 1.29 is 4.79 Å². The number of nitrogen functional groups attached to an aromatic ring is 1. The van der Waals surface area contributed by atoms with E-state index in [0.717, 1.165) is 4.90 Å². The van der Waals surface area contributed by atoms with Crippen molar-refractivity contribution in [3.05, 3.63) is 53.1 Å². The minimum atomic E-state index is -0.150. The molecule has 106 valence electrons. The maximum atomic E-state index is 11.9. The molecule has 4 nitrogen and oxygen atoms in total. The van der Waals surface area contributed by atoms with E-state index in [2.05, 4.69) is 5.32 Å². The number of anilines is 2. The Morgan fingerprint density at radius 1 is 1.33 bits per heavy atom. The third kappa shape index (κ3) is 4.42. The number of carbonyl (C=O) groups is 1. The summed E-state index contributed by atoms with van der Waals surface area (Å²) in [4.78, 5) is 12.7. The number of thioether (sulfide) groups is 1. The highest BCUT2D eigenvalue weighted by atomic mass is 35.5. The summed E-state index contributed by atoms with van der Waals surface area (Å²) >= 11 is 7.29. The zero-order valence-electron chi connectivity index (χ0n) is 11.0. The van der Waals surface area contributed by atoms with Crippen LogP contribution in [-0.4, -0.2) is 11.7 Å². The van der Waals surface area contributed by atoms with Crippen molar-refractivity contribution in [2.45, 2.75) is 4.90 Å². The molecule has 6 heteroatoms. The van der Waals surface area contributed by atoms with Gasteiger partial charge in [0.05, 0.1) is 28.1 Å². The molecule has 0 bridgehead atoms. The van der Waals surface area contributed by atoms with Crippen LogP contribution in [-0.2, 0) is 4.79 Å². The molecular formula is C15H12ClN3OS. The first-order chi connectivity index (χ1) is 10.1. The lowest BCUT2D eigenvalue weighted by Crippen LogP contribution is -2.13. The molecule has 0 saturated carbocycles. The Morgan fingerprint density at radius 2 is 2.14 bits per heavy atom. The molecule has 0 aliphatic rings. The minimum Gasteiger partial charge on any atom is -0.398 e. The second-order valence-electron chi connectivity index (χ2n) is 4.21. The van der Waals surface area contributed by atoms with Gasteiger partial charge in [-0.2, -0.15) is 5.26 Å². The average Bonchev–Trinajstić information content (AvgIpc) is 2.48. The van der Waals surface area contributed by atoms with Crippen molar-refractivity contribution in [2.75, 3.05) is 16.8 Å². The number of hydrogen-bond donors (Lipinski definition) is 2.